The van der Waals surface area contributed by atoms with Gasteiger partial charge in [0.2, 0.25) is 0 Å². The number of carbonyl (C=O) groups is 1. The van der Waals surface area contributed by atoms with E-state index in [0.717, 1.165) is 57.9 Å². The van der Waals surface area contributed by atoms with Crippen LogP contribution in [0, 0.1) is 6.92 Å². The minimum atomic E-state index is -0.255. The van der Waals surface area contributed by atoms with Gasteiger partial charge < -0.3 is 16.4 Å². The first-order valence-corrected chi connectivity index (χ1v) is 13.6. The average molecular weight is 546 g/mol. The van der Waals surface area contributed by atoms with Crippen molar-refractivity contribution in [3.8, 4) is 0 Å². The minimum Gasteiger partial charge on any atom is -0.382 e. The highest BCUT2D eigenvalue weighted by molar-refractivity contribution is 7.18. The lowest BCUT2D eigenvalue weighted by molar-refractivity contribution is 0.102. The fraction of sp³-hybridized carbons (Fsp3) is 0.214. The van der Waals surface area contributed by atoms with Gasteiger partial charge in [0.25, 0.3) is 5.91 Å². The minimum absolute atomic E-state index is 0.255. The average Bonchev–Trinajstić information content (AvgIpc) is 3.36. The number of halogens is 1. The molecule has 1 amide bonds. The van der Waals surface area contributed by atoms with Crippen molar-refractivity contribution in [2.24, 2.45) is 0 Å². The Labute approximate surface area is 229 Å². The molecule has 0 atom stereocenters. The van der Waals surface area contributed by atoms with Gasteiger partial charge in [0.05, 0.1) is 21.5 Å². The number of thiophene rings is 1. The van der Waals surface area contributed by atoms with E-state index in [2.05, 4.69) is 50.4 Å². The first-order chi connectivity index (χ1) is 18.4. The van der Waals surface area contributed by atoms with E-state index < -0.39 is 0 Å². The number of rotatable bonds is 8. The third-order valence-electron chi connectivity index (χ3n) is 6.61. The molecule has 0 bridgehead atoms. The van der Waals surface area contributed by atoms with Crippen LogP contribution in [0.2, 0.25) is 5.02 Å². The molecule has 10 heteroatoms. The first-order valence-electron chi connectivity index (χ1n) is 12.3. The second-order valence-corrected chi connectivity index (χ2v) is 10.2. The number of aryl methyl sites for hydroxylation is 1. The van der Waals surface area contributed by atoms with Crippen molar-refractivity contribution in [2.75, 3.05) is 29.5 Å². The number of nitrogens with two attached hydrogens (primary N) is 1. The van der Waals surface area contributed by atoms with E-state index in [9.17, 15) is 4.79 Å². The van der Waals surface area contributed by atoms with Crippen LogP contribution < -0.4 is 16.4 Å². The number of nitrogens with one attached hydrogen (secondary N) is 2. The van der Waals surface area contributed by atoms with E-state index in [0.29, 0.717) is 27.4 Å². The molecule has 0 fully saturated rings. The Balaban J connectivity index is 1.47. The van der Waals surface area contributed by atoms with Crippen molar-refractivity contribution in [3.05, 3.63) is 76.0 Å². The lowest BCUT2D eigenvalue weighted by atomic mass is 10.0. The van der Waals surface area contributed by atoms with Crippen molar-refractivity contribution in [1.29, 1.82) is 0 Å². The highest BCUT2D eigenvalue weighted by atomic mass is 35.5. The van der Waals surface area contributed by atoms with E-state index in [1.165, 1.54) is 17.7 Å². The van der Waals surface area contributed by atoms with Gasteiger partial charge in [0, 0.05) is 39.6 Å². The standard InChI is InChI=1S/C28H28ClN7OS/c1-4-36(5-2)13-17-12-18(7-9-22(17)29)34-27-20-8-6-16(3)23(19(20)10-11-31-27)35-28(37)21-14-38-25-24(21)32-15-33-26(25)30/h6-12,14-15H,4-5,13H2,1-3H3,(H,31,34)(H,35,37)(H2,30,32,33). The van der Waals surface area contributed by atoms with Gasteiger partial charge in [-0.1, -0.05) is 37.6 Å². The van der Waals surface area contributed by atoms with Gasteiger partial charge in [-0.3, -0.25) is 9.69 Å². The number of anilines is 4. The molecule has 194 valence electrons. The number of nitrogens with zero attached hydrogens (tertiary/aromatic N) is 4. The predicted molar refractivity (Wildman–Crippen MR) is 158 cm³/mol. The third kappa shape index (κ3) is 5.00. The molecular formula is C28H28ClN7OS. The molecule has 0 spiro atoms. The molecule has 38 heavy (non-hydrogen) atoms. The second-order valence-electron chi connectivity index (χ2n) is 8.94. The zero-order valence-corrected chi connectivity index (χ0v) is 23.0. The van der Waals surface area contributed by atoms with Crippen molar-refractivity contribution >= 4 is 72.8 Å². The Morgan fingerprint density at radius 2 is 1.89 bits per heavy atom. The van der Waals surface area contributed by atoms with Crippen LogP contribution in [-0.4, -0.2) is 38.8 Å². The molecule has 3 heterocycles. The van der Waals surface area contributed by atoms with Crippen molar-refractivity contribution < 1.29 is 4.79 Å². The lowest BCUT2D eigenvalue weighted by Crippen LogP contribution is -2.22. The Kier molecular flexibility index (Phi) is 7.42. The van der Waals surface area contributed by atoms with E-state index >= 15 is 0 Å². The summed E-state index contributed by atoms with van der Waals surface area (Å²) in [5.74, 6) is 0.801. The maximum Gasteiger partial charge on any atom is 0.258 e. The maximum absolute atomic E-state index is 13.3. The van der Waals surface area contributed by atoms with Gasteiger partial charge in [-0.25, -0.2) is 15.0 Å². The summed E-state index contributed by atoms with van der Waals surface area (Å²) >= 11 is 7.86. The van der Waals surface area contributed by atoms with Gasteiger partial charge >= 0.3 is 0 Å². The molecule has 0 saturated carbocycles. The molecule has 0 saturated heterocycles. The molecule has 0 aliphatic heterocycles. The summed E-state index contributed by atoms with van der Waals surface area (Å²) in [6.45, 7) is 8.92. The molecule has 4 N–H and O–H groups in total. The SMILES string of the molecule is CCN(CC)Cc1cc(Nc2nccc3c(NC(=O)c4csc5c(N)ncnc45)c(C)ccc23)ccc1Cl. The fourth-order valence-electron chi connectivity index (χ4n) is 4.44. The monoisotopic (exact) mass is 545 g/mol. The Hall–Kier alpha value is -3.79. The van der Waals surface area contributed by atoms with Crippen molar-refractivity contribution in [1.82, 2.24) is 19.9 Å². The van der Waals surface area contributed by atoms with Crippen molar-refractivity contribution in [3.63, 3.8) is 0 Å². The zero-order chi connectivity index (χ0) is 26.8. The summed E-state index contributed by atoms with van der Waals surface area (Å²) in [7, 11) is 0. The van der Waals surface area contributed by atoms with Gasteiger partial charge in [-0.05, 0) is 55.4 Å². The van der Waals surface area contributed by atoms with E-state index in [4.69, 9.17) is 17.3 Å². The van der Waals surface area contributed by atoms with Gasteiger partial charge in [-0.2, -0.15) is 0 Å². The topological polar surface area (TPSA) is 109 Å². The smallest absolute Gasteiger partial charge is 0.258 e. The molecule has 5 rings (SSSR count). The van der Waals surface area contributed by atoms with Crippen LogP contribution in [0.5, 0.6) is 0 Å². The summed E-state index contributed by atoms with van der Waals surface area (Å²) < 4.78 is 0.700. The summed E-state index contributed by atoms with van der Waals surface area (Å²) in [6.07, 6.45) is 3.11. The lowest BCUT2D eigenvalue weighted by Gasteiger charge is -2.20. The molecule has 2 aromatic carbocycles. The van der Waals surface area contributed by atoms with Crippen LogP contribution in [0.4, 0.5) is 23.0 Å². The number of pyridine rings is 1. The van der Waals surface area contributed by atoms with Crippen LogP contribution in [0.1, 0.15) is 35.3 Å². The predicted octanol–water partition coefficient (Wildman–Crippen LogP) is 6.62. The molecule has 3 aromatic heterocycles. The molecular weight excluding hydrogens is 518 g/mol. The number of carbonyl (C=O) groups excluding carboxylic acids is 1. The second kappa shape index (κ2) is 10.9. The molecule has 0 radical (unpaired) electrons. The zero-order valence-electron chi connectivity index (χ0n) is 21.4. The largest absolute Gasteiger partial charge is 0.382 e. The first kappa shape index (κ1) is 25.8. The molecule has 5 aromatic rings. The van der Waals surface area contributed by atoms with Gasteiger partial charge in [-0.15, -0.1) is 11.3 Å². The van der Waals surface area contributed by atoms with Crippen LogP contribution >= 0.6 is 22.9 Å². The number of hydrogen-bond acceptors (Lipinski definition) is 8. The Bertz CT molecular complexity index is 1650. The quantitative estimate of drug-likeness (QED) is 0.201. The van der Waals surface area contributed by atoms with Crippen LogP contribution in [0.15, 0.2) is 54.3 Å². The summed E-state index contributed by atoms with van der Waals surface area (Å²) in [5.41, 5.74) is 10.6. The molecule has 0 unspecified atom stereocenters. The van der Waals surface area contributed by atoms with Crippen LogP contribution in [-0.2, 0) is 6.54 Å². The number of aromatic nitrogens is 3. The van der Waals surface area contributed by atoms with Crippen LogP contribution in [0.3, 0.4) is 0 Å². The van der Waals surface area contributed by atoms with E-state index in [1.54, 1.807) is 11.6 Å². The highest BCUT2D eigenvalue weighted by Gasteiger charge is 2.18. The fourth-order valence-corrected chi connectivity index (χ4v) is 5.52. The Morgan fingerprint density at radius 3 is 2.68 bits per heavy atom. The summed E-state index contributed by atoms with van der Waals surface area (Å²) in [5, 5.41) is 10.8. The number of benzene rings is 2. The number of amides is 1. The Morgan fingerprint density at radius 1 is 1.08 bits per heavy atom. The van der Waals surface area contributed by atoms with Crippen LogP contribution in [0.25, 0.3) is 21.0 Å². The summed E-state index contributed by atoms with van der Waals surface area (Å²) in [4.78, 5) is 28.5. The molecule has 8 nitrogen and oxygen atoms in total. The van der Waals surface area contributed by atoms with Crippen molar-refractivity contribution in [2.45, 2.75) is 27.3 Å². The van der Waals surface area contributed by atoms with Gasteiger partial charge in [0.15, 0.2) is 0 Å². The maximum atomic E-state index is 13.3. The number of hydrogen-bond donors (Lipinski definition) is 3. The molecule has 0 aliphatic rings. The van der Waals surface area contributed by atoms with Gasteiger partial charge in [0.1, 0.15) is 18.0 Å². The number of fused-ring (bicyclic) bond motifs is 2. The van der Waals surface area contributed by atoms with E-state index in [-0.39, 0.29) is 5.91 Å². The normalized spacial score (nSPS) is 11.4. The highest BCUT2D eigenvalue weighted by Crippen LogP contribution is 2.34. The molecule has 0 aliphatic carbocycles. The summed E-state index contributed by atoms with van der Waals surface area (Å²) in [6, 6.07) is 11.8. The number of nitrogen functional groups attached to an aromatic ring is 1. The van der Waals surface area contributed by atoms with E-state index in [1.807, 2.05) is 37.3 Å². The third-order valence-corrected chi connectivity index (χ3v) is 7.98.